The van der Waals surface area contributed by atoms with Crippen LogP contribution in [0.5, 0.6) is 5.88 Å². The number of aromatic nitrogens is 2. The van der Waals surface area contributed by atoms with Gasteiger partial charge in [-0.15, -0.1) is 11.8 Å². The van der Waals surface area contributed by atoms with Crippen molar-refractivity contribution in [3.05, 3.63) is 11.3 Å². The van der Waals surface area contributed by atoms with E-state index in [2.05, 4.69) is 5.10 Å². The first-order valence-corrected chi connectivity index (χ1v) is 8.91. The lowest BCUT2D eigenvalue weighted by Crippen LogP contribution is -2.40. The van der Waals surface area contributed by atoms with Crippen LogP contribution >= 0.6 is 11.8 Å². The molecule has 0 radical (unpaired) electrons. The molecule has 2 aliphatic heterocycles. The number of amides is 2. The first kappa shape index (κ1) is 16.2. The summed E-state index contributed by atoms with van der Waals surface area (Å²) in [6, 6.07) is -0.0171. The van der Waals surface area contributed by atoms with Gasteiger partial charge in [0.05, 0.1) is 36.0 Å². The summed E-state index contributed by atoms with van der Waals surface area (Å²) in [6.45, 7) is 2.83. The van der Waals surface area contributed by atoms with E-state index in [0.29, 0.717) is 17.5 Å². The minimum absolute atomic E-state index is 0.00801. The Balaban J connectivity index is 1.80. The zero-order valence-electron chi connectivity index (χ0n) is 13.7. The Kier molecular flexibility index (Phi) is 4.52. The lowest BCUT2D eigenvalue weighted by Gasteiger charge is -2.27. The molecule has 3 heterocycles. The summed E-state index contributed by atoms with van der Waals surface area (Å²) in [4.78, 5) is 28.0. The van der Waals surface area contributed by atoms with E-state index in [9.17, 15) is 9.59 Å². The van der Waals surface area contributed by atoms with Crippen LogP contribution < -0.4 is 4.74 Å². The molecule has 2 amide bonds. The van der Waals surface area contributed by atoms with Gasteiger partial charge in [-0.3, -0.25) is 9.59 Å². The molecule has 1 aromatic heterocycles. The van der Waals surface area contributed by atoms with Crippen LogP contribution in [0.2, 0.25) is 0 Å². The third-order valence-corrected chi connectivity index (χ3v) is 5.41. The highest BCUT2D eigenvalue weighted by molar-refractivity contribution is 8.00. The van der Waals surface area contributed by atoms with Gasteiger partial charge in [-0.05, 0) is 19.8 Å². The highest BCUT2D eigenvalue weighted by Gasteiger charge is 2.36. The van der Waals surface area contributed by atoms with Gasteiger partial charge >= 0.3 is 0 Å². The van der Waals surface area contributed by atoms with Crippen molar-refractivity contribution in [3.63, 3.8) is 0 Å². The second-order valence-corrected chi connectivity index (χ2v) is 6.90. The fraction of sp³-hybridized carbons (Fsp3) is 0.667. The minimum Gasteiger partial charge on any atom is -0.481 e. The molecule has 126 valence electrons. The van der Waals surface area contributed by atoms with Crippen LogP contribution in [0.4, 0.5) is 0 Å². The van der Waals surface area contributed by atoms with Gasteiger partial charge in [0.2, 0.25) is 17.7 Å². The van der Waals surface area contributed by atoms with Crippen molar-refractivity contribution >= 4 is 23.6 Å². The van der Waals surface area contributed by atoms with Gasteiger partial charge in [0.1, 0.15) is 6.54 Å². The Morgan fingerprint density at radius 3 is 2.91 bits per heavy atom. The molecule has 1 aromatic rings. The van der Waals surface area contributed by atoms with Gasteiger partial charge in [-0.25, -0.2) is 4.68 Å². The molecule has 3 rings (SSSR count). The third-order valence-electron chi connectivity index (χ3n) is 4.47. The molecule has 0 spiro atoms. The van der Waals surface area contributed by atoms with Crippen molar-refractivity contribution in [2.24, 2.45) is 7.05 Å². The molecule has 0 saturated carbocycles. The second kappa shape index (κ2) is 6.43. The van der Waals surface area contributed by atoms with Crippen LogP contribution in [-0.2, 0) is 16.6 Å². The van der Waals surface area contributed by atoms with Crippen molar-refractivity contribution < 1.29 is 14.3 Å². The van der Waals surface area contributed by atoms with Crippen molar-refractivity contribution in [3.8, 4) is 5.88 Å². The molecular weight excluding hydrogens is 316 g/mol. The Morgan fingerprint density at radius 1 is 1.48 bits per heavy atom. The fourth-order valence-electron chi connectivity index (χ4n) is 3.44. The molecule has 0 unspecified atom stereocenters. The summed E-state index contributed by atoms with van der Waals surface area (Å²) in [5.74, 6) is 1.85. The van der Waals surface area contributed by atoms with Gasteiger partial charge in [0, 0.05) is 13.6 Å². The molecule has 7 nitrogen and oxygen atoms in total. The number of likely N-dealkylation sites (tertiary alicyclic amines) is 1. The number of thioether (sulfide) groups is 1. The monoisotopic (exact) mass is 338 g/mol. The van der Waals surface area contributed by atoms with Crippen molar-refractivity contribution in [1.82, 2.24) is 19.6 Å². The standard InChI is InChI=1S/C15H22N4O3S/c1-10-14(15(22-3)17(2)16-10)11-5-4-6-19(11)12(20)7-18-9-23-8-13(18)21/h11H,4-9H2,1-3H3/t11-/m1/s1. The van der Waals surface area contributed by atoms with Crippen molar-refractivity contribution in [2.45, 2.75) is 25.8 Å². The lowest BCUT2D eigenvalue weighted by molar-refractivity contribution is -0.138. The zero-order chi connectivity index (χ0) is 16.6. The van der Waals surface area contributed by atoms with E-state index in [1.54, 1.807) is 28.5 Å². The number of nitrogens with zero attached hydrogens (tertiary/aromatic N) is 4. The van der Waals surface area contributed by atoms with Crippen LogP contribution in [0.15, 0.2) is 0 Å². The Bertz CT molecular complexity index is 630. The van der Waals surface area contributed by atoms with E-state index in [1.807, 2.05) is 18.9 Å². The van der Waals surface area contributed by atoms with E-state index in [0.717, 1.165) is 30.6 Å². The molecular formula is C15H22N4O3S. The van der Waals surface area contributed by atoms with Crippen molar-refractivity contribution in [1.29, 1.82) is 0 Å². The van der Waals surface area contributed by atoms with Crippen LogP contribution in [-0.4, -0.2) is 63.2 Å². The fourth-order valence-corrected chi connectivity index (χ4v) is 4.34. The molecule has 0 bridgehead atoms. The summed E-state index contributed by atoms with van der Waals surface area (Å²) >= 11 is 1.56. The lowest BCUT2D eigenvalue weighted by atomic mass is 10.0. The summed E-state index contributed by atoms with van der Waals surface area (Å²) < 4.78 is 7.20. The number of aryl methyl sites for hydroxylation is 2. The molecule has 8 heteroatoms. The van der Waals surface area contributed by atoms with Crippen LogP contribution in [0.1, 0.15) is 30.1 Å². The predicted molar refractivity (Wildman–Crippen MR) is 87.2 cm³/mol. The minimum atomic E-state index is -0.0171. The molecule has 2 aliphatic rings. The average molecular weight is 338 g/mol. The van der Waals surface area contributed by atoms with Gasteiger partial charge in [0.25, 0.3) is 0 Å². The van der Waals surface area contributed by atoms with Gasteiger partial charge < -0.3 is 14.5 Å². The van der Waals surface area contributed by atoms with Crippen LogP contribution in [0.3, 0.4) is 0 Å². The number of ether oxygens (including phenoxy) is 1. The summed E-state index contributed by atoms with van der Waals surface area (Å²) in [7, 11) is 3.47. The quantitative estimate of drug-likeness (QED) is 0.817. The molecule has 23 heavy (non-hydrogen) atoms. The second-order valence-electron chi connectivity index (χ2n) is 5.95. The SMILES string of the molecule is COc1c([C@H]2CCCN2C(=O)CN2CSCC2=O)c(C)nn1C. The molecule has 0 aliphatic carbocycles. The van der Waals surface area contributed by atoms with Crippen LogP contribution in [0, 0.1) is 6.92 Å². The number of hydrogen-bond donors (Lipinski definition) is 0. The maximum Gasteiger partial charge on any atom is 0.242 e. The number of rotatable bonds is 4. The average Bonchev–Trinajstić information content (AvgIpc) is 3.19. The smallest absolute Gasteiger partial charge is 0.242 e. The first-order valence-electron chi connectivity index (χ1n) is 7.75. The van der Waals surface area contributed by atoms with Crippen molar-refractivity contribution in [2.75, 3.05) is 31.8 Å². The topological polar surface area (TPSA) is 67.7 Å². The normalized spacial score (nSPS) is 21.3. The molecule has 1 atom stereocenters. The molecule has 2 saturated heterocycles. The zero-order valence-corrected chi connectivity index (χ0v) is 14.6. The predicted octanol–water partition coefficient (Wildman–Crippen LogP) is 0.934. The first-order chi connectivity index (χ1) is 11.0. The number of methoxy groups -OCH3 is 1. The van der Waals surface area contributed by atoms with Crippen LogP contribution in [0.25, 0.3) is 0 Å². The van der Waals surface area contributed by atoms with E-state index in [4.69, 9.17) is 4.74 Å². The summed E-state index contributed by atoms with van der Waals surface area (Å²) in [5, 5.41) is 4.42. The van der Waals surface area contributed by atoms with E-state index in [1.165, 1.54) is 0 Å². The number of carbonyl (C=O) groups is 2. The van der Waals surface area contributed by atoms with E-state index in [-0.39, 0.29) is 24.4 Å². The maximum absolute atomic E-state index is 12.7. The number of carbonyl (C=O) groups excluding carboxylic acids is 2. The Morgan fingerprint density at radius 2 is 2.26 bits per heavy atom. The van der Waals surface area contributed by atoms with E-state index >= 15 is 0 Å². The maximum atomic E-state index is 12.7. The number of hydrogen-bond acceptors (Lipinski definition) is 5. The molecule has 2 fully saturated rings. The summed E-state index contributed by atoms with van der Waals surface area (Å²) in [6.07, 6.45) is 1.86. The van der Waals surface area contributed by atoms with Gasteiger partial charge in [0.15, 0.2) is 0 Å². The highest BCUT2D eigenvalue weighted by atomic mass is 32.2. The Labute approximate surface area is 139 Å². The molecule has 0 aromatic carbocycles. The summed E-state index contributed by atoms with van der Waals surface area (Å²) in [5.41, 5.74) is 1.88. The Hall–Kier alpha value is -1.70. The van der Waals surface area contributed by atoms with Gasteiger partial charge in [-0.2, -0.15) is 5.10 Å². The molecule has 0 N–H and O–H groups in total. The highest BCUT2D eigenvalue weighted by Crippen LogP contribution is 2.38. The third kappa shape index (κ3) is 2.91. The largest absolute Gasteiger partial charge is 0.481 e. The van der Waals surface area contributed by atoms with Gasteiger partial charge in [-0.1, -0.05) is 0 Å². The van der Waals surface area contributed by atoms with E-state index < -0.39 is 0 Å².